The fourth-order valence-corrected chi connectivity index (χ4v) is 3.14. The highest BCUT2D eigenvalue weighted by atomic mass is 79.9. The first-order valence-electron chi connectivity index (χ1n) is 6.33. The molecule has 1 aliphatic heterocycles. The molecule has 3 nitrogen and oxygen atoms in total. The van der Waals surface area contributed by atoms with E-state index in [4.69, 9.17) is 4.74 Å². The second kappa shape index (κ2) is 5.59. The minimum absolute atomic E-state index is 0.305. The number of aliphatic hydroxyl groups is 1. The van der Waals surface area contributed by atoms with Crippen LogP contribution >= 0.6 is 15.9 Å². The zero-order valence-corrected chi connectivity index (χ0v) is 12.5. The minimum atomic E-state index is -0.781. The number of benzene rings is 1. The highest BCUT2D eigenvalue weighted by Gasteiger charge is 2.34. The summed E-state index contributed by atoms with van der Waals surface area (Å²) in [4.78, 5) is 0. The molecule has 1 atom stereocenters. The second-order valence-corrected chi connectivity index (χ2v) is 5.88. The van der Waals surface area contributed by atoms with E-state index in [1.165, 1.54) is 0 Å². The largest absolute Gasteiger partial charge is 0.496 e. The summed E-state index contributed by atoms with van der Waals surface area (Å²) in [6.07, 6.45) is 2.02. The van der Waals surface area contributed by atoms with Gasteiger partial charge in [-0.1, -0.05) is 6.07 Å². The molecule has 1 heterocycles. The van der Waals surface area contributed by atoms with Gasteiger partial charge in [-0.3, -0.25) is 0 Å². The van der Waals surface area contributed by atoms with Gasteiger partial charge < -0.3 is 15.2 Å². The van der Waals surface area contributed by atoms with Gasteiger partial charge in [-0.05, 0) is 72.4 Å². The summed E-state index contributed by atoms with van der Waals surface area (Å²) in [7, 11) is 1.64. The fourth-order valence-electron chi connectivity index (χ4n) is 2.60. The zero-order valence-electron chi connectivity index (χ0n) is 10.9. The van der Waals surface area contributed by atoms with Crippen LogP contribution < -0.4 is 10.1 Å². The Bertz CT molecular complexity index is 414. The van der Waals surface area contributed by atoms with Gasteiger partial charge in [0.15, 0.2) is 0 Å². The van der Waals surface area contributed by atoms with Crippen LogP contribution in [0.15, 0.2) is 22.7 Å². The molecule has 1 aromatic rings. The Kier molecular flexibility index (Phi) is 4.30. The molecule has 1 aliphatic rings. The van der Waals surface area contributed by atoms with Crippen molar-refractivity contribution in [1.29, 1.82) is 0 Å². The van der Waals surface area contributed by atoms with Gasteiger partial charge in [-0.2, -0.15) is 0 Å². The van der Waals surface area contributed by atoms with Gasteiger partial charge in [-0.25, -0.2) is 0 Å². The number of ether oxygens (including phenoxy) is 1. The van der Waals surface area contributed by atoms with E-state index in [2.05, 4.69) is 21.2 Å². The molecule has 0 aromatic heterocycles. The van der Waals surface area contributed by atoms with Gasteiger partial charge in [0.2, 0.25) is 0 Å². The average molecular weight is 314 g/mol. The quantitative estimate of drug-likeness (QED) is 0.901. The molecule has 100 valence electrons. The normalized spacial score (nSPS) is 20.4. The van der Waals surface area contributed by atoms with Crippen LogP contribution in [0.1, 0.15) is 25.3 Å². The number of methoxy groups -OCH3 is 1. The molecule has 1 fully saturated rings. The number of nitrogens with one attached hydrogen (secondary N) is 1. The van der Waals surface area contributed by atoms with Crippen molar-refractivity contribution in [2.24, 2.45) is 5.92 Å². The molecule has 2 rings (SSSR count). The van der Waals surface area contributed by atoms with Crippen LogP contribution in [0.5, 0.6) is 5.75 Å². The smallest absolute Gasteiger partial charge is 0.133 e. The van der Waals surface area contributed by atoms with E-state index in [1.807, 2.05) is 25.1 Å². The third-order valence-corrected chi connectivity index (χ3v) is 4.49. The molecule has 4 heteroatoms. The van der Waals surface area contributed by atoms with E-state index in [-0.39, 0.29) is 0 Å². The third kappa shape index (κ3) is 2.71. The molecule has 1 saturated heterocycles. The fraction of sp³-hybridized carbons (Fsp3) is 0.571. The highest BCUT2D eigenvalue weighted by Crippen LogP contribution is 2.37. The Morgan fingerprint density at radius 1 is 1.39 bits per heavy atom. The van der Waals surface area contributed by atoms with Crippen molar-refractivity contribution < 1.29 is 9.84 Å². The lowest BCUT2D eigenvalue weighted by molar-refractivity contribution is -0.0187. The monoisotopic (exact) mass is 313 g/mol. The first-order chi connectivity index (χ1) is 8.55. The lowest BCUT2D eigenvalue weighted by atomic mass is 9.78. The summed E-state index contributed by atoms with van der Waals surface area (Å²) in [5, 5.41) is 14.1. The molecule has 0 amide bonds. The molecule has 2 N–H and O–H groups in total. The third-order valence-electron chi connectivity index (χ3n) is 3.87. The van der Waals surface area contributed by atoms with Gasteiger partial charge in [0.1, 0.15) is 5.75 Å². The van der Waals surface area contributed by atoms with Gasteiger partial charge >= 0.3 is 0 Å². The van der Waals surface area contributed by atoms with E-state index in [0.29, 0.717) is 5.92 Å². The molecule has 1 unspecified atom stereocenters. The van der Waals surface area contributed by atoms with Crippen molar-refractivity contribution >= 4 is 15.9 Å². The van der Waals surface area contributed by atoms with Crippen LogP contribution in [0.3, 0.4) is 0 Å². The van der Waals surface area contributed by atoms with Crippen molar-refractivity contribution in [3.8, 4) is 5.75 Å². The van der Waals surface area contributed by atoms with Crippen LogP contribution in [0.2, 0.25) is 0 Å². The van der Waals surface area contributed by atoms with Crippen LogP contribution in [0.4, 0.5) is 0 Å². The molecule has 0 spiro atoms. The average Bonchev–Trinajstić information content (AvgIpc) is 2.39. The molecular formula is C14H20BrNO2. The lowest BCUT2D eigenvalue weighted by Gasteiger charge is -2.36. The summed E-state index contributed by atoms with van der Waals surface area (Å²) in [6, 6.07) is 5.81. The Hall–Kier alpha value is -0.580. The Labute approximate surface area is 117 Å². The summed E-state index contributed by atoms with van der Waals surface area (Å²) in [6.45, 7) is 3.88. The SMILES string of the molecule is COc1ccc(C(C)(O)C2CCNCC2)cc1Br. The highest BCUT2D eigenvalue weighted by molar-refractivity contribution is 9.10. The minimum Gasteiger partial charge on any atom is -0.496 e. The number of rotatable bonds is 3. The first-order valence-corrected chi connectivity index (χ1v) is 7.12. The van der Waals surface area contributed by atoms with E-state index < -0.39 is 5.60 Å². The van der Waals surface area contributed by atoms with Gasteiger partial charge in [-0.15, -0.1) is 0 Å². The van der Waals surface area contributed by atoms with Crippen LogP contribution in [0.25, 0.3) is 0 Å². The van der Waals surface area contributed by atoms with Crippen molar-refractivity contribution in [2.75, 3.05) is 20.2 Å². The topological polar surface area (TPSA) is 41.5 Å². The van der Waals surface area contributed by atoms with Crippen molar-refractivity contribution in [3.63, 3.8) is 0 Å². The predicted octanol–water partition coefficient (Wildman–Crippen LogP) is 2.66. The Morgan fingerprint density at radius 2 is 2.06 bits per heavy atom. The van der Waals surface area contributed by atoms with E-state index >= 15 is 0 Å². The van der Waals surface area contributed by atoms with Gasteiger partial charge in [0.25, 0.3) is 0 Å². The number of halogens is 1. The summed E-state index contributed by atoms with van der Waals surface area (Å²) >= 11 is 3.48. The van der Waals surface area contributed by atoms with Crippen LogP contribution in [-0.4, -0.2) is 25.3 Å². The van der Waals surface area contributed by atoms with E-state index in [0.717, 1.165) is 41.7 Å². The molecule has 0 aliphatic carbocycles. The number of hydrogen-bond acceptors (Lipinski definition) is 3. The molecular weight excluding hydrogens is 294 g/mol. The van der Waals surface area contributed by atoms with E-state index in [9.17, 15) is 5.11 Å². The Balaban J connectivity index is 2.25. The zero-order chi connectivity index (χ0) is 13.2. The predicted molar refractivity (Wildman–Crippen MR) is 75.9 cm³/mol. The van der Waals surface area contributed by atoms with Crippen molar-refractivity contribution in [2.45, 2.75) is 25.4 Å². The first kappa shape index (κ1) is 13.8. The van der Waals surface area contributed by atoms with Crippen LogP contribution in [-0.2, 0) is 5.60 Å². The summed E-state index contributed by atoms with van der Waals surface area (Å²) in [5.74, 6) is 1.10. The molecule has 18 heavy (non-hydrogen) atoms. The second-order valence-electron chi connectivity index (χ2n) is 5.02. The maximum Gasteiger partial charge on any atom is 0.133 e. The summed E-state index contributed by atoms with van der Waals surface area (Å²) in [5.41, 5.74) is 0.166. The standard InChI is InChI=1S/C14H20BrNO2/c1-14(17,10-5-7-16-8-6-10)11-3-4-13(18-2)12(15)9-11/h3-4,9-10,16-17H,5-8H2,1-2H3. The lowest BCUT2D eigenvalue weighted by Crippen LogP contribution is -2.39. The number of piperidine rings is 1. The van der Waals surface area contributed by atoms with Gasteiger partial charge in [0.05, 0.1) is 17.2 Å². The molecule has 0 radical (unpaired) electrons. The summed E-state index contributed by atoms with van der Waals surface area (Å²) < 4.78 is 6.11. The van der Waals surface area contributed by atoms with Gasteiger partial charge in [0, 0.05) is 0 Å². The molecule has 0 saturated carbocycles. The van der Waals surface area contributed by atoms with Crippen LogP contribution in [0, 0.1) is 5.92 Å². The van der Waals surface area contributed by atoms with Crippen molar-refractivity contribution in [1.82, 2.24) is 5.32 Å². The molecule has 1 aromatic carbocycles. The molecule has 0 bridgehead atoms. The van der Waals surface area contributed by atoms with E-state index in [1.54, 1.807) is 7.11 Å². The Morgan fingerprint density at radius 3 is 2.61 bits per heavy atom. The number of hydrogen-bond donors (Lipinski definition) is 2. The maximum atomic E-state index is 10.8. The van der Waals surface area contributed by atoms with Crippen molar-refractivity contribution in [3.05, 3.63) is 28.2 Å². The maximum absolute atomic E-state index is 10.8.